The Labute approximate surface area is 231 Å². The van der Waals surface area contributed by atoms with E-state index in [4.69, 9.17) is 10.8 Å². The lowest BCUT2D eigenvalue weighted by molar-refractivity contribution is -0.134. The number of fused-ring (bicyclic) bond motifs is 2. The summed E-state index contributed by atoms with van der Waals surface area (Å²) in [6, 6.07) is 12.5. The molecule has 0 saturated carbocycles. The van der Waals surface area contributed by atoms with Crippen LogP contribution < -0.4 is 11.1 Å². The number of amides is 1. The maximum Gasteiger partial charge on any atom is 0.237 e. The highest BCUT2D eigenvalue weighted by atomic mass is 127. The van der Waals surface area contributed by atoms with Crippen molar-refractivity contribution in [3.63, 3.8) is 0 Å². The molecule has 6 rings (SSSR count). The van der Waals surface area contributed by atoms with E-state index in [1.165, 1.54) is 11.9 Å². The van der Waals surface area contributed by atoms with E-state index in [0.717, 1.165) is 60.4 Å². The van der Waals surface area contributed by atoms with E-state index in [1.807, 2.05) is 15.5 Å². The highest BCUT2D eigenvalue weighted by Crippen LogP contribution is 2.38. The number of nitrogen functional groups attached to an aromatic ring is 1. The lowest BCUT2D eigenvalue weighted by Crippen LogP contribution is -2.42. The second kappa shape index (κ2) is 10.8. The number of likely N-dealkylation sites (tertiary alicyclic amines) is 1. The van der Waals surface area contributed by atoms with Crippen LogP contribution in [0.2, 0.25) is 0 Å². The van der Waals surface area contributed by atoms with Crippen molar-refractivity contribution in [3.8, 4) is 0 Å². The van der Waals surface area contributed by atoms with Crippen LogP contribution in [0.15, 0.2) is 66.1 Å². The van der Waals surface area contributed by atoms with Gasteiger partial charge in [-0.1, -0.05) is 63.2 Å². The number of alkyl halides is 1. The van der Waals surface area contributed by atoms with Crippen LogP contribution in [0, 0.1) is 0 Å². The Kier molecular flexibility index (Phi) is 7.07. The summed E-state index contributed by atoms with van der Waals surface area (Å²) >= 11 is -0.205. The summed E-state index contributed by atoms with van der Waals surface area (Å²) in [7, 11) is 1.81. The fourth-order valence-corrected chi connectivity index (χ4v) is 7.57. The summed E-state index contributed by atoms with van der Waals surface area (Å²) in [6.45, 7) is 1.83. The maximum absolute atomic E-state index is 13.0. The van der Waals surface area contributed by atoms with Gasteiger partial charge in [-0.05, 0) is 49.6 Å². The van der Waals surface area contributed by atoms with Gasteiger partial charge in [0.1, 0.15) is 11.8 Å². The van der Waals surface area contributed by atoms with E-state index in [9.17, 15) is 4.79 Å². The van der Waals surface area contributed by atoms with Crippen molar-refractivity contribution < 1.29 is 4.79 Å². The van der Waals surface area contributed by atoms with Gasteiger partial charge in [0.15, 0.2) is 5.82 Å². The summed E-state index contributed by atoms with van der Waals surface area (Å²) in [5.74, 6) is 0.532. The molecule has 0 bridgehead atoms. The summed E-state index contributed by atoms with van der Waals surface area (Å²) < 4.78 is 4.53. The molecule has 0 spiro atoms. The lowest BCUT2D eigenvalue weighted by atomic mass is 9.96. The molecule has 1 saturated heterocycles. The molecule has 1 amide bonds. The van der Waals surface area contributed by atoms with Crippen molar-refractivity contribution in [2.45, 2.75) is 35.8 Å². The summed E-state index contributed by atoms with van der Waals surface area (Å²) in [4.78, 5) is 19.3. The van der Waals surface area contributed by atoms with Crippen molar-refractivity contribution in [2.75, 3.05) is 25.9 Å². The van der Waals surface area contributed by atoms with Crippen molar-refractivity contribution in [1.82, 2.24) is 29.8 Å². The molecule has 10 heteroatoms. The molecule has 1 fully saturated rings. The van der Waals surface area contributed by atoms with Gasteiger partial charge in [-0.15, -0.1) is 0 Å². The molecule has 3 aliphatic rings. The third kappa shape index (κ3) is 4.78. The summed E-state index contributed by atoms with van der Waals surface area (Å²) in [5.41, 5.74) is 12.5. The van der Waals surface area contributed by atoms with Crippen LogP contribution in [0.5, 0.6) is 0 Å². The summed E-state index contributed by atoms with van der Waals surface area (Å²) in [6.07, 6.45) is 11.1. The van der Waals surface area contributed by atoms with Gasteiger partial charge in [0.05, 0.1) is 38.6 Å². The molecular weight excluding hydrogens is 591 g/mol. The first-order valence-corrected chi connectivity index (χ1v) is 15.4. The number of rotatable bonds is 6. The Hall–Kier alpha value is -3.38. The maximum atomic E-state index is 13.0. The number of halogens is 1. The van der Waals surface area contributed by atoms with E-state index >= 15 is 0 Å². The summed E-state index contributed by atoms with van der Waals surface area (Å²) in [5, 5.41) is 14.7. The number of benzene rings is 1. The number of allylic oxidation sites excluding steroid dienone is 4. The van der Waals surface area contributed by atoms with Crippen LogP contribution in [0.3, 0.4) is 0 Å². The Morgan fingerprint density at radius 1 is 1.24 bits per heavy atom. The number of hydrogen-bond donors (Lipinski definition) is 2. The molecule has 1 aromatic carbocycles. The predicted molar refractivity (Wildman–Crippen MR) is 160 cm³/mol. The number of hydrazone groups is 1. The number of likely N-dealkylation sites (N-methyl/N-ethyl adjacent to an activating group) is 1. The molecule has 1 aliphatic carbocycles. The highest BCUT2D eigenvalue weighted by molar-refractivity contribution is 14.2. The van der Waals surface area contributed by atoms with Crippen molar-refractivity contribution >= 4 is 53.4 Å². The van der Waals surface area contributed by atoms with Gasteiger partial charge < -0.3 is 16.0 Å². The van der Waals surface area contributed by atoms with Crippen molar-refractivity contribution in [3.05, 3.63) is 77.8 Å². The van der Waals surface area contributed by atoms with Crippen molar-refractivity contribution in [1.29, 1.82) is 0 Å². The third-order valence-electron chi connectivity index (χ3n) is 7.18. The Balaban J connectivity index is 1.38. The number of aromatic nitrogens is 3. The number of piperidine rings is 1. The molecule has 3 aromatic rings. The largest absolute Gasteiger partial charge is 0.382 e. The second-order valence-corrected chi connectivity index (χ2v) is 12.3. The minimum Gasteiger partial charge on any atom is -0.382 e. The van der Waals surface area contributed by atoms with Gasteiger partial charge in [-0.3, -0.25) is 9.80 Å². The topological polar surface area (TPSA) is 104 Å². The first-order valence-electron chi connectivity index (χ1n) is 12.9. The number of anilines is 1. The lowest BCUT2D eigenvalue weighted by Gasteiger charge is -2.35. The standard InChI is InChI=1S/C28H31IN8O/c1-31-15-26(38)36-12-6-5-9-24(36)25-14-21(27-28(30)32-18-33-37(25)27)20-10-11-22-23(13-20)34-35(17-29-22)16-19-7-3-2-4-8-19/h2-4,7-8,10-11,13-14,17-18,22,24,31H,5-6,9,12,15-16H2,1H3,(H2,30,32,33). The quantitative estimate of drug-likeness (QED) is 0.322. The zero-order valence-corrected chi connectivity index (χ0v) is 23.5. The van der Waals surface area contributed by atoms with E-state index in [0.29, 0.717) is 16.3 Å². The van der Waals surface area contributed by atoms with Crippen LogP contribution in [0.25, 0.3) is 11.1 Å². The number of carbonyl (C=O) groups is 1. The van der Waals surface area contributed by atoms with Crippen LogP contribution in [0.1, 0.15) is 42.1 Å². The van der Waals surface area contributed by atoms with E-state index < -0.39 is 0 Å². The molecule has 2 atom stereocenters. The fraction of sp³-hybridized carbons (Fsp3) is 0.321. The van der Waals surface area contributed by atoms with Gasteiger partial charge >= 0.3 is 0 Å². The van der Waals surface area contributed by atoms with Crippen LogP contribution >= 0.6 is 20.7 Å². The SMILES string of the molecule is CNCC(=O)N1CCCCC1c1cc(C2=CC3=NN(Cc4ccccc4)C=IC3C=C2)c2c(N)ncnn12. The normalized spacial score (nSPS) is 21.1. The highest BCUT2D eigenvalue weighted by Gasteiger charge is 2.32. The van der Waals surface area contributed by atoms with E-state index in [1.54, 1.807) is 7.05 Å². The molecule has 2 unspecified atom stereocenters. The van der Waals surface area contributed by atoms with E-state index in [-0.39, 0.29) is 32.7 Å². The van der Waals surface area contributed by atoms with Crippen LogP contribution in [-0.4, -0.2) is 64.3 Å². The van der Waals surface area contributed by atoms with Gasteiger partial charge in [-0.25, -0.2) is 9.50 Å². The molecular formula is C28H31IN8O. The number of hydrogen-bond acceptors (Lipinski definition) is 7. The minimum atomic E-state index is -0.205. The Morgan fingerprint density at radius 3 is 2.95 bits per heavy atom. The third-order valence-corrected chi connectivity index (χ3v) is 9.97. The number of nitrogens with two attached hydrogens (primary N) is 1. The molecule has 3 N–H and O–H groups in total. The van der Waals surface area contributed by atoms with Crippen LogP contribution in [0.4, 0.5) is 5.82 Å². The molecule has 9 nitrogen and oxygen atoms in total. The fourth-order valence-electron chi connectivity index (χ4n) is 5.41. The first kappa shape index (κ1) is 24.9. The molecule has 196 valence electrons. The molecule has 2 aromatic heterocycles. The van der Waals surface area contributed by atoms with Gasteiger partial charge in [0, 0.05) is 12.1 Å². The van der Waals surface area contributed by atoms with E-state index in [2.05, 4.69) is 73.1 Å². The number of carbonyl (C=O) groups excluding carboxylic acids is 1. The van der Waals surface area contributed by atoms with Crippen LogP contribution in [-0.2, 0) is 11.3 Å². The zero-order chi connectivity index (χ0) is 26.1. The van der Waals surface area contributed by atoms with Gasteiger partial charge in [0.2, 0.25) is 5.91 Å². The molecule has 2 aliphatic heterocycles. The molecule has 38 heavy (non-hydrogen) atoms. The van der Waals surface area contributed by atoms with Crippen molar-refractivity contribution in [2.24, 2.45) is 5.10 Å². The predicted octanol–water partition coefficient (Wildman–Crippen LogP) is 3.51. The van der Waals surface area contributed by atoms with Gasteiger partial charge in [-0.2, -0.15) is 10.2 Å². The Bertz CT molecular complexity index is 1470. The molecule has 4 heterocycles. The zero-order valence-electron chi connectivity index (χ0n) is 21.3. The Morgan fingerprint density at radius 2 is 2.11 bits per heavy atom. The second-order valence-electron chi connectivity index (χ2n) is 9.71. The number of nitrogens with zero attached hydrogens (tertiary/aromatic N) is 6. The molecule has 0 radical (unpaired) electrons. The minimum absolute atomic E-state index is 0.0603. The monoisotopic (exact) mass is 622 g/mol. The smallest absolute Gasteiger partial charge is 0.237 e. The average molecular weight is 623 g/mol. The number of nitrogens with one attached hydrogen (secondary N) is 1. The first-order chi connectivity index (χ1) is 18.6. The van der Waals surface area contributed by atoms with Gasteiger partial charge in [0.25, 0.3) is 0 Å². The average Bonchev–Trinajstić information content (AvgIpc) is 3.34.